The second-order valence-electron chi connectivity index (χ2n) is 3.98. The number of carbonyl (C=O) groups excluding carboxylic acids is 1. The number of nitrogens with zero attached hydrogens (tertiary/aromatic N) is 2. The van der Waals surface area contributed by atoms with Gasteiger partial charge in [0.2, 0.25) is 5.76 Å². The predicted octanol–water partition coefficient (Wildman–Crippen LogP) is 3.16. The Morgan fingerprint density at radius 2 is 2.20 bits per heavy atom. The van der Waals surface area contributed by atoms with Gasteiger partial charge in [0.1, 0.15) is 11.3 Å². The van der Waals surface area contributed by atoms with Crippen LogP contribution in [0.5, 0.6) is 0 Å². The fourth-order valence-corrected chi connectivity index (χ4v) is 1.66. The Morgan fingerprint density at radius 3 is 2.75 bits per heavy atom. The van der Waals surface area contributed by atoms with E-state index in [1.807, 2.05) is 0 Å². The van der Waals surface area contributed by atoms with Crippen LogP contribution >= 0.6 is 0 Å². The maximum atomic E-state index is 12.9. The number of rotatable bonds is 4. The van der Waals surface area contributed by atoms with Gasteiger partial charge in [-0.25, -0.2) is 13.6 Å². The highest BCUT2D eigenvalue weighted by Crippen LogP contribution is 2.31. The molecule has 20 heavy (non-hydrogen) atoms. The Labute approximate surface area is 113 Å². The lowest BCUT2D eigenvalue weighted by molar-refractivity contribution is 0.0506. The minimum atomic E-state index is -2.95. The van der Waals surface area contributed by atoms with Crippen LogP contribution in [0.25, 0.3) is 11.3 Å². The molecule has 0 aliphatic rings. The fraction of sp³-hybridized carbons (Fsp3) is 0.308. The number of pyridine rings is 1. The van der Waals surface area contributed by atoms with Gasteiger partial charge in [-0.3, -0.25) is 4.98 Å². The lowest BCUT2D eigenvalue weighted by atomic mass is 10.1. The molecule has 0 aliphatic carbocycles. The molecular formula is C13H12F2N2O3. The maximum absolute atomic E-state index is 12.9. The van der Waals surface area contributed by atoms with Gasteiger partial charge < -0.3 is 9.26 Å². The smallest absolute Gasteiger partial charge is 0.344 e. The number of aromatic nitrogens is 2. The monoisotopic (exact) mass is 282 g/mol. The van der Waals surface area contributed by atoms with Gasteiger partial charge in [0.15, 0.2) is 0 Å². The first kappa shape index (κ1) is 14.1. The van der Waals surface area contributed by atoms with Crippen LogP contribution in [0.4, 0.5) is 8.78 Å². The molecule has 0 aromatic carbocycles. The van der Waals surface area contributed by atoms with Gasteiger partial charge in [0.25, 0.3) is 6.43 Å². The number of aryl methyl sites for hydroxylation is 1. The standard InChI is InChI=1S/C13H12F2N2O3/c1-3-19-13(18)9-10(17-20-11(9)12(14)15)8-5-4-7(2)16-6-8/h4-6,12H,3H2,1-2H3. The lowest BCUT2D eigenvalue weighted by Crippen LogP contribution is -2.08. The minimum absolute atomic E-state index is 0.00579. The summed E-state index contributed by atoms with van der Waals surface area (Å²) in [5, 5.41) is 3.54. The molecule has 0 spiro atoms. The summed E-state index contributed by atoms with van der Waals surface area (Å²) in [6.07, 6.45) is -1.51. The third kappa shape index (κ3) is 2.66. The van der Waals surface area contributed by atoms with Crippen molar-refractivity contribution in [2.75, 3.05) is 6.61 Å². The van der Waals surface area contributed by atoms with E-state index in [4.69, 9.17) is 4.74 Å². The van der Waals surface area contributed by atoms with Crippen LogP contribution in [-0.4, -0.2) is 22.7 Å². The fourth-order valence-electron chi connectivity index (χ4n) is 1.66. The molecule has 2 rings (SSSR count). The Morgan fingerprint density at radius 1 is 1.45 bits per heavy atom. The average Bonchev–Trinajstić information content (AvgIpc) is 2.84. The number of halogens is 2. The molecule has 0 atom stereocenters. The van der Waals surface area contributed by atoms with E-state index < -0.39 is 18.2 Å². The van der Waals surface area contributed by atoms with E-state index in [1.54, 1.807) is 26.0 Å². The Balaban J connectivity index is 2.53. The zero-order valence-electron chi connectivity index (χ0n) is 10.9. The van der Waals surface area contributed by atoms with E-state index in [1.165, 1.54) is 6.20 Å². The summed E-state index contributed by atoms with van der Waals surface area (Å²) in [5.74, 6) is -1.68. The third-order valence-corrected chi connectivity index (χ3v) is 2.58. The molecule has 5 nitrogen and oxygen atoms in total. The zero-order valence-corrected chi connectivity index (χ0v) is 10.9. The highest BCUT2D eigenvalue weighted by atomic mass is 19.3. The van der Waals surface area contributed by atoms with Crippen LogP contribution in [0.1, 0.15) is 35.2 Å². The topological polar surface area (TPSA) is 65.2 Å². The molecule has 2 heterocycles. The number of alkyl halides is 2. The van der Waals surface area contributed by atoms with Gasteiger partial charge >= 0.3 is 5.97 Å². The van der Waals surface area contributed by atoms with Crippen LogP contribution in [-0.2, 0) is 4.74 Å². The van der Waals surface area contributed by atoms with Crippen LogP contribution in [0.15, 0.2) is 22.9 Å². The van der Waals surface area contributed by atoms with E-state index in [-0.39, 0.29) is 17.9 Å². The number of hydrogen-bond donors (Lipinski definition) is 0. The molecule has 106 valence electrons. The van der Waals surface area contributed by atoms with Crippen molar-refractivity contribution in [1.82, 2.24) is 10.1 Å². The Hall–Kier alpha value is -2.31. The van der Waals surface area contributed by atoms with Crippen molar-refractivity contribution < 1.29 is 22.8 Å². The highest BCUT2D eigenvalue weighted by molar-refractivity contribution is 5.97. The molecule has 7 heteroatoms. The SMILES string of the molecule is CCOC(=O)c1c(-c2ccc(C)nc2)noc1C(F)F. The first-order chi connectivity index (χ1) is 9.54. The van der Waals surface area contributed by atoms with Crippen molar-refractivity contribution in [2.45, 2.75) is 20.3 Å². The van der Waals surface area contributed by atoms with Crippen molar-refractivity contribution in [3.05, 3.63) is 35.3 Å². The Bertz CT molecular complexity index is 609. The molecule has 0 radical (unpaired) electrons. The summed E-state index contributed by atoms with van der Waals surface area (Å²) in [5.41, 5.74) is 0.817. The quantitative estimate of drug-likeness (QED) is 0.806. The van der Waals surface area contributed by atoms with Gasteiger partial charge in [-0.15, -0.1) is 0 Å². The second-order valence-corrected chi connectivity index (χ2v) is 3.98. The predicted molar refractivity (Wildman–Crippen MR) is 65.4 cm³/mol. The van der Waals surface area contributed by atoms with Crippen LogP contribution in [0.2, 0.25) is 0 Å². The second kappa shape index (κ2) is 5.77. The van der Waals surface area contributed by atoms with Crippen molar-refractivity contribution in [2.24, 2.45) is 0 Å². The highest BCUT2D eigenvalue weighted by Gasteiger charge is 2.30. The van der Waals surface area contributed by atoms with Gasteiger partial charge in [-0.1, -0.05) is 5.16 Å². The minimum Gasteiger partial charge on any atom is -0.462 e. The third-order valence-electron chi connectivity index (χ3n) is 2.58. The summed E-state index contributed by atoms with van der Waals surface area (Å²) >= 11 is 0. The molecular weight excluding hydrogens is 270 g/mol. The summed E-state index contributed by atoms with van der Waals surface area (Å²) in [6, 6.07) is 3.30. The van der Waals surface area contributed by atoms with Gasteiger partial charge in [0, 0.05) is 17.5 Å². The summed E-state index contributed by atoms with van der Waals surface area (Å²) < 4.78 is 35.1. The van der Waals surface area contributed by atoms with E-state index in [2.05, 4.69) is 14.7 Å². The number of carbonyl (C=O) groups is 1. The van der Waals surface area contributed by atoms with Crippen molar-refractivity contribution in [3.8, 4) is 11.3 Å². The van der Waals surface area contributed by atoms with Crippen LogP contribution in [0, 0.1) is 6.92 Å². The summed E-state index contributed by atoms with van der Waals surface area (Å²) in [7, 11) is 0. The molecule has 0 N–H and O–H groups in total. The van der Waals surface area contributed by atoms with Crippen molar-refractivity contribution in [1.29, 1.82) is 0 Å². The van der Waals surface area contributed by atoms with E-state index in [9.17, 15) is 13.6 Å². The number of esters is 1. The number of hydrogen-bond acceptors (Lipinski definition) is 5. The summed E-state index contributed by atoms with van der Waals surface area (Å²) in [4.78, 5) is 15.9. The maximum Gasteiger partial charge on any atom is 0.344 e. The number of ether oxygens (including phenoxy) is 1. The first-order valence-electron chi connectivity index (χ1n) is 5.92. The van der Waals surface area contributed by atoms with E-state index >= 15 is 0 Å². The van der Waals surface area contributed by atoms with Crippen LogP contribution in [0.3, 0.4) is 0 Å². The van der Waals surface area contributed by atoms with Gasteiger partial charge in [-0.05, 0) is 26.0 Å². The molecule has 0 fully saturated rings. The van der Waals surface area contributed by atoms with Crippen molar-refractivity contribution >= 4 is 5.97 Å². The van der Waals surface area contributed by atoms with E-state index in [0.29, 0.717) is 5.56 Å². The molecule has 2 aromatic heterocycles. The van der Waals surface area contributed by atoms with Crippen LogP contribution < -0.4 is 0 Å². The average molecular weight is 282 g/mol. The first-order valence-corrected chi connectivity index (χ1v) is 5.92. The molecule has 0 aliphatic heterocycles. The zero-order chi connectivity index (χ0) is 14.7. The van der Waals surface area contributed by atoms with Gasteiger partial charge in [-0.2, -0.15) is 0 Å². The molecule has 0 unspecified atom stereocenters. The molecule has 2 aromatic rings. The largest absolute Gasteiger partial charge is 0.462 e. The van der Waals surface area contributed by atoms with E-state index in [0.717, 1.165) is 5.69 Å². The Kier molecular flexibility index (Phi) is 4.07. The lowest BCUT2D eigenvalue weighted by Gasteiger charge is -2.03. The summed E-state index contributed by atoms with van der Waals surface area (Å²) in [6.45, 7) is 3.43. The molecule has 0 bridgehead atoms. The molecule has 0 amide bonds. The molecule has 0 saturated heterocycles. The van der Waals surface area contributed by atoms with Crippen molar-refractivity contribution in [3.63, 3.8) is 0 Å². The normalized spacial score (nSPS) is 10.8. The van der Waals surface area contributed by atoms with Gasteiger partial charge in [0.05, 0.1) is 6.61 Å². The molecule has 0 saturated carbocycles.